The molecule has 1 heteroatoms. The highest BCUT2D eigenvalue weighted by Gasteiger charge is 2.17. The fourth-order valence-corrected chi connectivity index (χ4v) is 2.83. The topological polar surface area (TPSA) is 12.0 Å². The molecule has 1 nitrogen and oxygen atoms in total. The Kier molecular flexibility index (Phi) is 4.53. The Morgan fingerprint density at radius 3 is 2.00 bits per heavy atom. The average molecular weight is 281 g/mol. The third-order valence-corrected chi connectivity index (χ3v) is 4.14. The number of nitrogens with one attached hydrogen (secondary N) is 1. The first kappa shape index (κ1) is 15.8. The van der Waals surface area contributed by atoms with Gasteiger partial charge < -0.3 is 5.32 Å². The van der Waals surface area contributed by atoms with E-state index in [1.54, 1.807) is 0 Å². The van der Waals surface area contributed by atoms with Crippen molar-refractivity contribution in [2.45, 2.75) is 46.1 Å². The van der Waals surface area contributed by atoms with E-state index in [1.807, 2.05) is 7.05 Å². The van der Waals surface area contributed by atoms with E-state index in [9.17, 15) is 0 Å². The highest BCUT2D eigenvalue weighted by atomic mass is 14.9. The van der Waals surface area contributed by atoms with Crippen LogP contribution in [0, 0.1) is 13.8 Å². The van der Waals surface area contributed by atoms with Gasteiger partial charge in [-0.3, -0.25) is 0 Å². The molecule has 0 aliphatic heterocycles. The first-order chi connectivity index (χ1) is 9.82. The van der Waals surface area contributed by atoms with Crippen LogP contribution in [-0.2, 0) is 5.41 Å². The number of benzene rings is 2. The molecule has 0 fully saturated rings. The van der Waals surface area contributed by atoms with E-state index in [0.717, 1.165) is 0 Å². The molecule has 0 saturated carbocycles. The SMILES string of the molecule is CNC(c1ccc(C(C)(C)C)cc1)c1ccc(C)cc1C. The third-order valence-electron chi connectivity index (χ3n) is 4.14. The molecule has 0 aliphatic rings. The number of hydrogen-bond donors (Lipinski definition) is 1. The van der Waals surface area contributed by atoms with Crippen LogP contribution in [0.25, 0.3) is 0 Å². The van der Waals surface area contributed by atoms with Crippen molar-refractivity contribution in [1.82, 2.24) is 5.32 Å². The van der Waals surface area contributed by atoms with E-state index in [-0.39, 0.29) is 11.5 Å². The molecule has 0 amide bonds. The van der Waals surface area contributed by atoms with Gasteiger partial charge in [0.1, 0.15) is 0 Å². The molecular weight excluding hydrogens is 254 g/mol. The average Bonchev–Trinajstić information content (AvgIpc) is 2.41. The summed E-state index contributed by atoms with van der Waals surface area (Å²) >= 11 is 0. The van der Waals surface area contributed by atoms with E-state index in [0.29, 0.717) is 0 Å². The lowest BCUT2D eigenvalue weighted by atomic mass is 9.85. The summed E-state index contributed by atoms with van der Waals surface area (Å²) in [6.45, 7) is 11.1. The minimum Gasteiger partial charge on any atom is -0.309 e. The van der Waals surface area contributed by atoms with Crippen molar-refractivity contribution < 1.29 is 0 Å². The molecule has 0 radical (unpaired) electrons. The number of hydrogen-bond acceptors (Lipinski definition) is 1. The van der Waals surface area contributed by atoms with Gasteiger partial charge in [-0.1, -0.05) is 68.8 Å². The van der Waals surface area contributed by atoms with Crippen LogP contribution in [0.1, 0.15) is 54.6 Å². The fraction of sp³-hybridized carbons (Fsp3) is 0.400. The number of aryl methyl sites for hydroxylation is 2. The molecule has 2 aromatic carbocycles. The number of rotatable bonds is 3. The lowest BCUT2D eigenvalue weighted by molar-refractivity contribution is 0.589. The Morgan fingerprint density at radius 1 is 0.905 bits per heavy atom. The Hall–Kier alpha value is -1.60. The van der Waals surface area contributed by atoms with Gasteiger partial charge in [0, 0.05) is 0 Å². The summed E-state index contributed by atoms with van der Waals surface area (Å²) in [6, 6.07) is 15.9. The normalized spacial score (nSPS) is 13.2. The Labute approximate surface area is 129 Å². The summed E-state index contributed by atoms with van der Waals surface area (Å²) in [6.07, 6.45) is 0. The van der Waals surface area contributed by atoms with Gasteiger partial charge in [0.05, 0.1) is 6.04 Å². The van der Waals surface area contributed by atoms with Crippen molar-refractivity contribution in [2.24, 2.45) is 0 Å². The van der Waals surface area contributed by atoms with Crippen LogP contribution in [0.5, 0.6) is 0 Å². The van der Waals surface area contributed by atoms with Crippen LogP contribution in [0.4, 0.5) is 0 Å². The Bertz CT molecular complexity index is 603. The lowest BCUT2D eigenvalue weighted by Crippen LogP contribution is -2.19. The van der Waals surface area contributed by atoms with Crippen molar-refractivity contribution >= 4 is 0 Å². The summed E-state index contributed by atoms with van der Waals surface area (Å²) in [4.78, 5) is 0. The second-order valence-electron chi connectivity index (χ2n) is 6.95. The molecule has 0 aliphatic carbocycles. The Balaban J connectivity index is 2.37. The summed E-state index contributed by atoms with van der Waals surface area (Å²) in [7, 11) is 2.03. The van der Waals surface area contributed by atoms with Crippen LogP contribution in [0.2, 0.25) is 0 Å². The summed E-state index contributed by atoms with van der Waals surface area (Å²) in [5.74, 6) is 0. The van der Waals surface area contributed by atoms with Crippen molar-refractivity contribution in [3.63, 3.8) is 0 Å². The van der Waals surface area contributed by atoms with Crippen LogP contribution < -0.4 is 5.32 Å². The van der Waals surface area contributed by atoms with Crippen molar-refractivity contribution in [3.8, 4) is 0 Å². The van der Waals surface area contributed by atoms with Gasteiger partial charge in [0.15, 0.2) is 0 Å². The maximum atomic E-state index is 3.45. The van der Waals surface area contributed by atoms with Gasteiger partial charge in [-0.25, -0.2) is 0 Å². The first-order valence-corrected chi connectivity index (χ1v) is 7.68. The highest BCUT2D eigenvalue weighted by molar-refractivity contribution is 5.40. The van der Waals surface area contributed by atoms with Gasteiger partial charge >= 0.3 is 0 Å². The largest absolute Gasteiger partial charge is 0.309 e. The van der Waals surface area contributed by atoms with Crippen LogP contribution in [0.3, 0.4) is 0 Å². The van der Waals surface area contributed by atoms with E-state index in [4.69, 9.17) is 0 Å². The van der Waals surface area contributed by atoms with Crippen LogP contribution in [0.15, 0.2) is 42.5 Å². The smallest absolute Gasteiger partial charge is 0.0576 e. The predicted octanol–water partition coefficient (Wildman–Crippen LogP) is 4.91. The third kappa shape index (κ3) is 3.54. The fourth-order valence-electron chi connectivity index (χ4n) is 2.83. The molecule has 0 spiro atoms. The van der Waals surface area contributed by atoms with Crippen molar-refractivity contribution in [2.75, 3.05) is 7.05 Å². The maximum absolute atomic E-state index is 3.45. The van der Waals surface area contributed by atoms with Crippen LogP contribution in [-0.4, -0.2) is 7.05 Å². The van der Waals surface area contributed by atoms with Gasteiger partial charge in [0.25, 0.3) is 0 Å². The summed E-state index contributed by atoms with van der Waals surface area (Å²) in [5, 5.41) is 3.45. The van der Waals surface area contributed by atoms with Crippen molar-refractivity contribution in [1.29, 1.82) is 0 Å². The molecule has 112 valence electrons. The Morgan fingerprint density at radius 2 is 1.52 bits per heavy atom. The lowest BCUT2D eigenvalue weighted by Gasteiger charge is -2.23. The zero-order chi connectivity index (χ0) is 15.6. The highest BCUT2D eigenvalue weighted by Crippen LogP contribution is 2.28. The minimum atomic E-state index is 0.202. The molecular formula is C20H27N. The molecule has 0 aromatic heterocycles. The second-order valence-corrected chi connectivity index (χ2v) is 6.95. The zero-order valence-electron chi connectivity index (χ0n) is 14.1. The molecule has 21 heavy (non-hydrogen) atoms. The molecule has 0 heterocycles. The zero-order valence-corrected chi connectivity index (χ0v) is 14.1. The summed E-state index contributed by atoms with van der Waals surface area (Å²) in [5.41, 5.74) is 6.90. The van der Waals surface area contributed by atoms with E-state index in [2.05, 4.69) is 82.4 Å². The molecule has 1 N–H and O–H groups in total. The molecule has 2 aromatic rings. The van der Waals surface area contributed by atoms with E-state index in [1.165, 1.54) is 27.8 Å². The van der Waals surface area contributed by atoms with Crippen molar-refractivity contribution in [3.05, 3.63) is 70.3 Å². The molecule has 1 atom stereocenters. The van der Waals surface area contributed by atoms with Gasteiger partial charge in [-0.15, -0.1) is 0 Å². The minimum absolute atomic E-state index is 0.202. The summed E-state index contributed by atoms with van der Waals surface area (Å²) < 4.78 is 0. The van der Waals surface area contributed by atoms with E-state index >= 15 is 0 Å². The van der Waals surface area contributed by atoms with Gasteiger partial charge in [-0.05, 0) is 48.6 Å². The quantitative estimate of drug-likeness (QED) is 0.843. The maximum Gasteiger partial charge on any atom is 0.0576 e. The van der Waals surface area contributed by atoms with Crippen LogP contribution >= 0.6 is 0 Å². The molecule has 2 rings (SSSR count). The molecule has 0 saturated heterocycles. The second kappa shape index (κ2) is 6.03. The first-order valence-electron chi connectivity index (χ1n) is 7.68. The van der Waals surface area contributed by atoms with Gasteiger partial charge in [-0.2, -0.15) is 0 Å². The van der Waals surface area contributed by atoms with E-state index < -0.39 is 0 Å². The monoisotopic (exact) mass is 281 g/mol. The standard InChI is InChI=1S/C20H27N/c1-14-7-12-18(15(2)13-14)19(21-6)16-8-10-17(11-9-16)20(3,4)5/h7-13,19,21H,1-6H3. The molecule has 1 unspecified atom stereocenters. The molecule has 0 bridgehead atoms. The van der Waals surface area contributed by atoms with Gasteiger partial charge in [0.2, 0.25) is 0 Å². The predicted molar refractivity (Wildman–Crippen MR) is 92.0 cm³/mol.